The molecule has 2 aromatic rings. The van der Waals surface area contributed by atoms with Gasteiger partial charge in [-0.2, -0.15) is 0 Å². The van der Waals surface area contributed by atoms with E-state index in [4.69, 9.17) is 22.1 Å². The zero-order valence-electron chi connectivity index (χ0n) is 10.3. The van der Waals surface area contributed by atoms with Crippen LogP contribution < -0.4 is 15.8 Å². The second-order valence-corrected chi connectivity index (χ2v) is 4.16. The van der Waals surface area contributed by atoms with Crippen LogP contribution in [0.3, 0.4) is 0 Å². The quantitative estimate of drug-likeness (QED) is 0.841. The van der Waals surface area contributed by atoms with E-state index in [1.807, 2.05) is 0 Å². The number of ether oxygens (including phenoxy) is 1. The standard InChI is InChI=1S/C13H13ClFN3O/c1-2-19-11-5-3-8(7-9(11)15)17-13-10(16)4-6-12(14)18-13/h3-7H,2,16H2,1H3,(H,17,18). The van der Waals surface area contributed by atoms with Gasteiger partial charge in [0.05, 0.1) is 12.3 Å². The molecule has 0 spiro atoms. The molecule has 0 bridgehead atoms. The van der Waals surface area contributed by atoms with Crippen LogP contribution in [0.25, 0.3) is 0 Å². The van der Waals surface area contributed by atoms with Crippen molar-refractivity contribution in [3.63, 3.8) is 0 Å². The van der Waals surface area contributed by atoms with Crippen molar-refractivity contribution in [1.29, 1.82) is 0 Å². The Bertz CT molecular complexity index is 592. The van der Waals surface area contributed by atoms with E-state index in [-0.39, 0.29) is 5.75 Å². The minimum absolute atomic E-state index is 0.208. The van der Waals surface area contributed by atoms with Gasteiger partial charge in [-0.15, -0.1) is 0 Å². The first kappa shape index (κ1) is 13.4. The molecule has 0 saturated heterocycles. The fourth-order valence-corrected chi connectivity index (χ4v) is 1.68. The summed E-state index contributed by atoms with van der Waals surface area (Å²) in [4.78, 5) is 4.03. The van der Waals surface area contributed by atoms with Crippen molar-refractivity contribution < 1.29 is 9.13 Å². The molecule has 0 fully saturated rings. The first-order valence-corrected chi connectivity index (χ1v) is 6.09. The van der Waals surface area contributed by atoms with Crippen molar-refractivity contribution in [2.45, 2.75) is 6.92 Å². The van der Waals surface area contributed by atoms with Crippen LogP contribution in [0.4, 0.5) is 21.6 Å². The van der Waals surface area contributed by atoms with Gasteiger partial charge in [0, 0.05) is 11.8 Å². The Morgan fingerprint density at radius 2 is 2.16 bits per heavy atom. The number of nitrogens with two attached hydrogens (primary N) is 1. The van der Waals surface area contributed by atoms with Gasteiger partial charge in [0.2, 0.25) is 0 Å². The monoisotopic (exact) mass is 281 g/mol. The highest BCUT2D eigenvalue weighted by Crippen LogP contribution is 2.26. The molecule has 100 valence electrons. The van der Waals surface area contributed by atoms with E-state index in [9.17, 15) is 4.39 Å². The van der Waals surface area contributed by atoms with Gasteiger partial charge in [0.1, 0.15) is 5.15 Å². The summed E-state index contributed by atoms with van der Waals surface area (Å²) in [5.41, 5.74) is 6.70. The number of pyridine rings is 1. The summed E-state index contributed by atoms with van der Waals surface area (Å²) in [5.74, 6) is 0.142. The zero-order chi connectivity index (χ0) is 13.8. The van der Waals surface area contributed by atoms with Gasteiger partial charge in [-0.3, -0.25) is 0 Å². The van der Waals surface area contributed by atoms with Crippen molar-refractivity contribution in [3.05, 3.63) is 41.3 Å². The van der Waals surface area contributed by atoms with Crippen LogP contribution in [-0.4, -0.2) is 11.6 Å². The number of hydrogen-bond acceptors (Lipinski definition) is 4. The molecular weight excluding hydrogens is 269 g/mol. The maximum atomic E-state index is 13.7. The Balaban J connectivity index is 2.24. The predicted octanol–water partition coefficient (Wildman–Crippen LogP) is 3.60. The van der Waals surface area contributed by atoms with Crippen LogP contribution in [0.5, 0.6) is 5.75 Å². The van der Waals surface area contributed by atoms with Gasteiger partial charge in [-0.1, -0.05) is 11.6 Å². The van der Waals surface area contributed by atoms with E-state index in [0.29, 0.717) is 29.0 Å². The first-order chi connectivity index (χ1) is 9.10. The Kier molecular flexibility index (Phi) is 4.06. The molecule has 0 saturated carbocycles. The Morgan fingerprint density at radius 3 is 2.84 bits per heavy atom. The molecule has 0 aliphatic heterocycles. The van der Waals surface area contributed by atoms with Crippen molar-refractivity contribution in [1.82, 2.24) is 4.98 Å². The largest absolute Gasteiger partial charge is 0.491 e. The molecule has 6 heteroatoms. The molecule has 1 heterocycles. The second kappa shape index (κ2) is 5.75. The third kappa shape index (κ3) is 3.26. The predicted molar refractivity (Wildman–Crippen MR) is 74.5 cm³/mol. The molecular formula is C13H13ClFN3O. The summed E-state index contributed by atoms with van der Waals surface area (Å²) in [6.07, 6.45) is 0. The summed E-state index contributed by atoms with van der Waals surface area (Å²) in [5, 5.41) is 3.22. The van der Waals surface area contributed by atoms with Gasteiger partial charge in [0.25, 0.3) is 0 Å². The van der Waals surface area contributed by atoms with Crippen LogP contribution in [0.2, 0.25) is 5.15 Å². The van der Waals surface area contributed by atoms with E-state index < -0.39 is 5.82 Å². The van der Waals surface area contributed by atoms with Gasteiger partial charge >= 0.3 is 0 Å². The summed E-state index contributed by atoms with van der Waals surface area (Å²) in [6.45, 7) is 2.20. The number of rotatable bonds is 4. The number of halogens is 2. The molecule has 1 aromatic heterocycles. The zero-order valence-corrected chi connectivity index (χ0v) is 11.0. The van der Waals surface area contributed by atoms with E-state index in [0.717, 1.165) is 0 Å². The maximum Gasteiger partial charge on any atom is 0.167 e. The number of nitrogens with zero attached hydrogens (tertiary/aromatic N) is 1. The molecule has 0 aliphatic rings. The molecule has 0 atom stereocenters. The molecule has 2 rings (SSSR count). The molecule has 0 unspecified atom stereocenters. The summed E-state index contributed by atoms with van der Waals surface area (Å²) in [6, 6.07) is 7.74. The molecule has 0 amide bonds. The lowest BCUT2D eigenvalue weighted by atomic mass is 10.2. The van der Waals surface area contributed by atoms with Crippen molar-refractivity contribution in [2.75, 3.05) is 17.7 Å². The van der Waals surface area contributed by atoms with E-state index in [1.165, 1.54) is 6.07 Å². The number of nitrogens with one attached hydrogen (secondary N) is 1. The SMILES string of the molecule is CCOc1ccc(Nc2nc(Cl)ccc2N)cc1F. The highest BCUT2D eigenvalue weighted by Gasteiger charge is 2.07. The van der Waals surface area contributed by atoms with Crippen LogP contribution in [0.15, 0.2) is 30.3 Å². The molecule has 19 heavy (non-hydrogen) atoms. The van der Waals surface area contributed by atoms with Crippen LogP contribution >= 0.6 is 11.6 Å². The third-order valence-electron chi connectivity index (χ3n) is 2.39. The fourth-order valence-electron chi connectivity index (χ4n) is 1.53. The van der Waals surface area contributed by atoms with Gasteiger partial charge in [-0.25, -0.2) is 9.37 Å². The lowest BCUT2D eigenvalue weighted by molar-refractivity contribution is 0.321. The van der Waals surface area contributed by atoms with E-state index in [2.05, 4.69) is 10.3 Å². The van der Waals surface area contributed by atoms with Crippen molar-refractivity contribution in [2.24, 2.45) is 0 Å². The summed E-state index contributed by atoms with van der Waals surface area (Å²) < 4.78 is 18.8. The van der Waals surface area contributed by atoms with Crippen LogP contribution in [0, 0.1) is 5.82 Å². The highest BCUT2D eigenvalue weighted by atomic mass is 35.5. The average molecular weight is 282 g/mol. The average Bonchev–Trinajstić information content (AvgIpc) is 2.37. The van der Waals surface area contributed by atoms with E-state index >= 15 is 0 Å². The highest BCUT2D eigenvalue weighted by molar-refractivity contribution is 6.29. The topological polar surface area (TPSA) is 60.2 Å². The Hall–Kier alpha value is -2.01. The van der Waals surface area contributed by atoms with Crippen LogP contribution in [-0.2, 0) is 0 Å². The summed E-state index contributed by atoms with van der Waals surface area (Å²) in [7, 11) is 0. The normalized spacial score (nSPS) is 10.3. The minimum atomic E-state index is -0.451. The number of nitrogen functional groups attached to an aromatic ring is 1. The van der Waals surface area contributed by atoms with E-state index in [1.54, 1.807) is 31.2 Å². The van der Waals surface area contributed by atoms with Crippen LogP contribution in [0.1, 0.15) is 6.92 Å². The molecule has 3 N–H and O–H groups in total. The number of hydrogen-bond donors (Lipinski definition) is 2. The van der Waals surface area contributed by atoms with Gasteiger partial charge in [-0.05, 0) is 31.2 Å². The lowest BCUT2D eigenvalue weighted by Gasteiger charge is -2.10. The Morgan fingerprint density at radius 1 is 1.37 bits per heavy atom. The summed E-state index contributed by atoms with van der Waals surface area (Å²) >= 11 is 5.78. The fraction of sp³-hybridized carbons (Fsp3) is 0.154. The number of aromatic nitrogens is 1. The number of anilines is 3. The molecule has 4 nitrogen and oxygen atoms in total. The molecule has 1 aromatic carbocycles. The minimum Gasteiger partial charge on any atom is -0.491 e. The van der Waals surface area contributed by atoms with Gasteiger partial charge in [0.15, 0.2) is 17.4 Å². The molecule has 0 aliphatic carbocycles. The molecule has 0 radical (unpaired) electrons. The smallest absolute Gasteiger partial charge is 0.167 e. The number of benzene rings is 1. The van der Waals surface area contributed by atoms with Crippen molar-refractivity contribution >= 4 is 28.8 Å². The maximum absolute atomic E-state index is 13.7. The Labute approximate surface area is 115 Å². The van der Waals surface area contributed by atoms with Gasteiger partial charge < -0.3 is 15.8 Å². The first-order valence-electron chi connectivity index (χ1n) is 5.71. The lowest BCUT2D eigenvalue weighted by Crippen LogP contribution is -2.00. The second-order valence-electron chi connectivity index (χ2n) is 3.78. The third-order valence-corrected chi connectivity index (χ3v) is 2.60. The van der Waals surface area contributed by atoms with Crippen molar-refractivity contribution in [3.8, 4) is 5.75 Å².